The average molecular weight is 262 g/mol. The van der Waals surface area contributed by atoms with E-state index in [1.807, 2.05) is 4.90 Å². The van der Waals surface area contributed by atoms with E-state index in [4.69, 9.17) is 5.73 Å². The summed E-state index contributed by atoms with van der Waals surface area (Å²) in [5, 5.41) is 0. The normalized spacial score (nSPS) is 10.8. The average Bonchev–Trinajstić information content (AvgIpc) is 2.39. The van der Waals surface area contributed by atoms with Crippen LogP contribution in [0, 0.1) is 6.92 Å². The molecule has 1 aromatic rings. The van der Waals surface area contributed by atoms with Gasteiger partial charge in [0.1, 0.15) is 0 Å². The molecule has 0 fully saturated rings. The molecule has 0 unspecified atom stereocenters. The van der Waals surface area contributed by atoms with Gasteiger partial charge in [0.25, 0.3) is 0 Å². The Bertz CT molecular complexity index is 427. The van der Waals surface area contributed by atoms with Crippen molar-refractivity contribution in [1.82, 2.24) is 0 Å². The number of anilines is 1. The zero-order chi connectivity index (χ0) is 14.4. The number of nitrogens with two attached hydrogens (primary N) is 1. The van der Waals surface area contributed by atoms with Gasteiger partial charge in [-0.05, 0) is 30.4 Å². The first-order chi connectivity index (χ1) is 9.02. The van der Waals surface area contributed by atoms with Gasteiger partial charge in [-0.25, -0.2) is 0 Å². The molecule has 1 aromatic carbocycles. The van der Waals surface area contributed by atoms with Gasteiger partial charge in [-0.3, -0.25) is 4.79 Å². The van der Waals surface area contributed by atoms with E-state index in [0.717, 1.165) is 30.6 Å². The second-order valence-corrected chi connectivity index (χ2v) is 5.27. The van der Waals surface area contributed by atoms with Gasteiger partial charge in [-0.1, -0.05) is 45.4 Å². The van der Waals surface area contributed by atoms with Crippen LogP contribution < -0.4 is 10.6 Å². The third-order valence-electron chi connectivity index (χ3n) is 3.37. The van der Waals surface area contributed by atoms with Crippen LogP contribution in [-0.4, -0.2) is 19.0 Å². The van der Waals surface area contributed by atoms with Crippen LogP contribution in [0.1, 0.15) is 50.7 Å². The highest BCUT2D eigenvalue weighted by molar-refractivity contribution is 5.96. The minimum Gasteiger partial charge on any atom is -0.322 e. The predicted octanol–water partition coefficient (Wildman–Crippen LogP) is 3.21. The summed E-state index contributed by atoms with van der Waals surface area (Å²) in [6.07, 6.45) is 2.06. The Morgan fingerprint density at radius 3 is 2.58 bits per heavy atom. The summed E-state index contributed by atoms with van der Waals surface area (Å²) in [6.45, 7) is 9.31. The molecular formula is C16H26N2O. The first-order valence-corrected chi connectivity index (χ1v) is 7.12. The maximum absolute atomic E-state index is 12.1. The monoisotopic (exact) mass is 262 g/mol. The standard InChI is InChI=1S/C16H26N2O/c1-5-6-10-18(15(19)11-17)16-13(4)8-7-9-14(16)12(2)3/h7-9,12H,5-6,10-11,17H2,1-4H3. The van der Waals surface area contributed by atoms with Crippen molar-refractivity contribution in [2.45, 2.75) is 46.5 Å². The molecule has 1 rings (SSSR count). The fourth-order valence-corrected chi connectivity index (χ4v) is 2.30. The van der Waals surface area contributed by atoms with E-state index >= 15 is 0 Å². The molecule has 0 aliphatic carbocycles. The number of aryl methyl sites for hydroxylation is 1. The van der Waals surface area contributed by atoms with Crippen molar-refractivity contribution in [2.75, 3.05) is 18.0 Å². The molecule has 19 heavy (non-hydrogen) atoms. The first-order valence-electron chi connectivity index (χ1n) is 7.12. The third-order valence-corrected chi connectivity index (χ3v) is 3.37. The summed E-state index contributed by atoms with van der Waals surface area (Å²) in [4.78, 5) is 14.0. The van der Waals surface area contributed by atoms with E-state index in [1.54, 1.807) is 0 Å². The van der Waals surface area contributed by atoms with Crippen LogP contribution in [0.5, 0.6) is 0 Å². The lowest BCUT2D eigenvalue weighted by molar-refractivity contribution is -0.117. The molecule has 0 aromatic heterocycles. The summed E-state index contributed by atoms with van der Waals surface area (Å²) >= 11 is 0. The molecule has 0 bridgehead atoms. The van der Waals surface area contributed by atoms with Crippen molar-refractivity contribution in [3.8, 4) is 0 Å². The Morgan fingerprint density at radius 1 is 1.37 bits per heavy atom. The van der Waals surface area contributed by atoms with Crippen LogP contribution in [0.4, 0.5) is 5.69 Å². The maximum Gasteiger partial charge on any atom is 0.240 e. The summed E-state index contributed by atoms with van der Waals surface area (Å²) in [6, 6.07) is 6.22. The highest BCUT2D eigenvalue weighted by atomic mass is 16.2. The molecule has 1 amide bonds. The summed E-state index contributed by atoms with van der Waals surface area (Å²) in [7, 11) is 0. The second-order valence-electron chi connectivity index (χ2n) is 5.27. The molecule has 0 radical (unpaired) electrons. The van der Waals surface area contributed by atoms with Crippen molar-refractivity contribution in [1.29, 1.82) is 0 Å². The van der Waals surface area contributed by atoms with E-state index in [9.17, 15) is 4.79 Å². The lowest BCUT2D eigenvalue weighted by Gasteiger charge is -2.28. The molecule has 0 atom stereocenters. The molecule has 3 nitrogen and oxygen atoms in total. The van der Waals surface area contributed by atoms with Crippen LogP contribution in [0.25, 0.3) is 0 Å². The van der Waals surface area contributed by atoms with Gasteiger partial charge in [0, 0.05) is 6.54 Å². The molecule has 0 aliphatic heterocycles. The Labute approximate surface area is 116 Å². The van der Waals surface area contributed by atoms with Gasteiger partial charge in [-0.15, -0.1) is 0 Å². The molecule has 3 heteroatoms. The minimum absolute atomic E-state index is 0.00431. The SMILES string of the molecule is CCCCN(C(=O)CN)c1c(C)cccc1C(C)C. The Balaban J connectivity index is 3.24. The minimum atomic E-state index is 0.00431. The molecule has 2 N–H and O–H groups in total. The van der Waals surface area contributed by atoms with E-state index in [1.165, 1.54) is 5.56 Å². The highest BCUT2D eigenvalue weighted by Crippen LogP contribution is 2.31. The molecule has 0 saturated carbocycles. The van der Waals surface area contributed by atoms with Gasteiger partial charge in [0.15, 0.2) is 0 Å². The number of nitrogens with zero attached hydrogens (tertiary/aromatic N) is 1. The lowest BCUT2D eigenvalue weighted by Crippen LogP contribution is -2.38. The van der Waals surface area contributed by atoms with Crippen LogP contribution in [-0.2, 0) is 4.79 Å². The van der Waals surface area contributed by atoms with Gasteiger partial charge < -0.3 is 10.6 Å². The van der Waals surface area contributed by atoms with E-state index in [2.05, 4.69) is 45.9 Å². The number of hydrogen-bond donors (Lipinski definition) is 1. The largest absolute Gasteiger partial charge is 0.322 e. The van der Waals surface area contributed by atoms with Gasteiger partial charge in [-0.2, -0.15) is 0 Å². The summed E-state index contributed by atoms with van der Waals surface area (Å²) in [5.41, 5.74) is 8.99. The van der Waals surface area contributed by atoms with E-state index < -0.39 is 0 Å². The number of benzene rings is 1. The van der Waals surface area contributed by atoms with Crippen molar-refractivity contribution in [3.05, 3.63) is 29.3 Å². The smallest absolute Gasteiger partial charge is 0.240 e. The number of para-hydroxylation sites is 1. The zero-order valence-electron chi connectivity index (χ0n) is 12.6. The number of amides is 1. The van der Waals surface area contributed by atoms with E-state index in [0.29, 0.717) is 5.92 Å². The van der Waals surface area contributed by atoms with Gasteiger partial charge in [0.05, 0.1) is 12.2 Å². The topological polar surface area (TPSA) is 46.3 Å². The Morgan fingerprint density at radius 2 is 2.05 bits per heavy atom. The number of unbranched alkanes of at least 4 members (excludes halogenated alkanes) is 1. The number of rotatable bonds is 6. The van der Waals surface area contributed by atoms with Crippen molar-refractivity contribution in [3.63, 3.8) is 0 Å². The molecule has 0 spiro atoms. The fraction of sp³-hybridized carbons (Fsp3) is 0.562. The highest BCUT2D eigenvalue weighted by Gasteiger charge is 2.20. The molecule has 106 valence electrons. The van der Waals surface area contributed by atoms with Gasteiger partial charge in [0.2, 0.25) is 5.91 Å². The molecule has 0 aliphatic rings. The molecular weight excluding hydrogens is 236 g/mol. The fourth-order valence-electron chi connectivity index (χ4n) is 2.30. The van der Waals surface area contributed by atoms with Crippen molar-refractivity contribution in [2.24, 2.45) is 5.73 Å². The Kier molecular flexibility index (Phi) is 6.03. The van der Waals surface area contributed by atoms with Crippen molar-refractivity contribution < 1.29 is 4.79 Å². The van der Waals surface area contributed by atoms with Gasteiger partial charge >= 0.3 is 0 Å². The number of carbonyl (C=O) groups is 1. The lowest BCUT2D eigenvalue weighted by atomic mass is 9.97. The maximum atomic E-state index is 12.1. The Hall–Kier alpha value is -1.35. The van der Waals surface area contributed by atoms with Crippen molar-refractivity contribution >= 4 is 11.6 Å². The molecule has 0 heterocycles. The third kappa shape index (κ3) is 3.80. The first kappa shape index (κ1) is 15.7. The van der Waals surface area contributed by atoms with Crippen LogP contribution in [0.3, 0.4) is 0 Å². The zero-order valence-corrected chi connectivity index (χ0v) is 12.6. The quantitative estimate of drug-likeness (QED) is 0.855. The van der Waals surface area contributed by atoms with Crippen LogP contribution in [0.2, 0.25) is 0 Å². The van der Waals surface area contributed by atoms with Crippen LogP contribution in [0.15, 0.2) is 18.2 Å². The number of carbonyl (C=O) groups excluding carboxylic acids is 1. The second kappa shape index (κ2) is 7.29. The van der Waals surface area contributed by atoms with E-state index in [-0.39, 0.29) is 12.5 Å². The molecule has 0 saturated heterocycles. The summed E-state index contributed by atoms with van der Waals surface area (Å²) < 4.78 is 0. The van der Waals surface area contributed by atoms with Crippen LogP contribution >= 0.6 is 0 Å². The summed E-state index contributed by atoms with van der Waals surface area (Å²) in [5.74, 6) is 0.397. The predicted molar refractivity (Wildman–Crippen MR) is 81.6 cm³/mol. The number of hydrogen-bond acceptors (Lipinski definition) is 2.